The Labute approximate surface area is 221 Å². The highest BCUT2D eigenvalue weighted by atomic mass is 35.5. The molecule has 2 aromatic carbocycles. The smallest absolute Gasteiger partial charge is 0.369 e. The maximum absolute atomic E-state index is 14.0. The topological polar surface area (TPSA) is 50.7 Å². The Morgan fingerprint density at radius 3 is 2.41 bits per heavy atom. The van der Waals surface area contributed by atoms with E-state index in [9.17, 15) is 13.2 Å². The molecule has 9 heteroatoms. The molecule has 0 aliphatic heterocycles. The number of halogens is 4. The normalized spacial score (nSPS) is 11.7. The number of anilines is 1. The van der Waals surface area contributed by atoms with Crippen molar-refractivity contribution in [2.45, 2.75) is 25.9 Å². The van der Waals surface area contributed by atoms with Gasteiger partial charge in [0.05, 0.1) is 15.8 Å². The second-order valence-corrected chi connectivity index (χ2v) is 10.2. The molecule has 0 fully saturated rings. The standard InChI is InChI=1S/C28H22ClF3N4S/c1-17-22(23-20(28(30,31)32)10-5-11-21(23)29)24-25(37-17)27(34-14-6-9-18-7-3-2-4-8-18)36-26(35-24)19-12-15-33-16-13-19/h2-5,7-8,10-13,15-16H,6,9,14H2,1H3,(H,34,35,36). The van der Waals surface area contributed by atoms with Gasteiger partial charge in [-0.15, -0.1) is 11.3 Å². The van der Waals surface area contributed by atoms with Crippen LogP contribution < -0.4 is 5.32 Å². The lowest BCUT2D eigenvalue weighted by molar-refractivity contribution is -0.137. The molecule has 0 aliphatic rings. The minimum atomic E-state index is -4.57. The van der Waals surface area contributed by atoms with Crippen molar-refractivity contribution in [1.82, 2.24) is 15.0 Å². The van der Waals surface area contributed by atoms with Crippen molar-refractivity contribution in [3.8, 4) is 22.5 Å². The molecule has 0 saturated carbocycles. The van der Waals surface area contributed by atoms with Crippen LogP contribution in [-0.2, 0) is 12.6 Å². The Balaban J connectivity index is 1.62. The van der Waals surface area contributed by atoms with Crippen LogP contribution in [-0.4, -0.2) is 21.5 Å². The number of pyridine rings is 1. The van der Waals surface area contributed by atoms with Crippen LogP contribution in [0.25, 0.3) is 32.7 Å². The maximum Gasteiger partial charge on any atom is 0.417 e. The molecule has 3 heterocycles. The van der Waals surface area contributed by atoms with Crippen molar-refractivity contribution in [3.63, 3.8) is 0 Å². The third-order valence-corrected chi connectivity index (χ3v) is 7.41. The molecule has 5 rings (SSSR count). The zero-order valence-corrected chi connectivity index (χ0v) is 21.4. The van der Waals surface area contributed by atoms with Crippen LogP contribution in [0.4, 0.5) is 19.0 Å². The first-order valence-electron chi connectivity index (χ1n) is 11.7. The van der Waals surface area contributed by atoms with Crippen LogP contribution >= 0.6 is 22.9 Å². The van der Waals surface area contributed by atoms with E-state index in [1.54, 1.807) is 31.5 Å². The van der Waals surface area contributed by atoms with E-state index in [4.69, 9.17) is 21.6 Å². The summed E-state index contributed by atoms with van der Waals surface area (Å²) in [6.07, 6.45) is 0.444. The fraction of sp³-hybridized carbons (Fsp3) is 0.179. The van der Waals surface area contributed by atoms with E-state index in [1.165, 1.54) is 29.0 Å². The van der Waals surface area contributed by atoms with Crippen LogP contribution in [0.1, 0.15) is 22.4 Å². The molecule has 188 valence electrons. The zero-order chi connectivity index (χ0) is 26.0. The summed E-state index contributed by atoms with van der Waals surface area (Å²) in [5.74, 6) is 0.991. The van der Waals surface area contributed by atoms with Gasteiger partial charge in [-0.05, 0) is 49.6 Å². The first kappa shape index (κ1) is 25.2. The predicted octanol–water partition coefficient (Wildman–Crippen LogP) is 8.45. The van der Waals surface area contributed by atoms with Gasteiger partial charge in [-0.3, -0.25) is 4.98 Å². The first-order valence-corrected chi connectivity index (χ1v) is 12.9. The third kappa shape index (κ3) is 5.31. The lowest BCUT2D eigenvalue weighted by atomic mass is 9.98. The Bertz CT molecular complexity index is 1540. The highest BCUT2D eigenvalue weighted by molar-refractivity contribution is 7.20. The number of benzene rings is 2. The summed E-state index contributed by atoms with van der Waals surface area (Å²) in [5, 5.41) is 3.43. The molecule has 0 spiro atoms. The monoisotopic (exact) mass is 538 g/mol. The average molecular weight is 539 g/mol. The predicted molar refractivity (Wildman–Crippen MR) is 144 cm³/mol. The molecule has 0 atom stereocenters. The lowest BCUT2D eigenvalue weighted by Crippen LogP contribution is -2.08. The number of alkyl halides is 3. The van der Waals surface area contributed by atoms with Crippen LogP contribution in [0.5, 0.6) is 0 Å². The summed E-state index contributed by atoms with van der Waals surface area (Å²) in [6.45, 7) is 2.43. The quantitative estimate of drug-likeness (QED) is 0.211. The Morgan fingerprint density at radius 2 is 1.68 bits per heavy atom. The molecule has 0 unspecified atom stereocenters. The number of hydrogen-bond acceptors (Lipinski definition) is 5. The van der Waals surface area contributed by atoms with Crippen molar-refractivity contribution in [2.75, 3.05) is 11.9 Å². The van der Waals surface area contributed by atoms with Crippen molar-refractivity contribution in [1.29, 1.82) is 0 Å². The number of fused-ring (bicyclic) bond motifs is 1. The van der Waals surface area contributed by atoms with Gasteiger partial charge in [0.1, 0.15) is 5.82 Å². The van der Waals surface area contributed by atoms with Gasteiger partial charge in [0.2, 0.25) is 0 Å². The van der Waals surface area contributed by atoms with E-state index in [0.29, 0.717) is 44.4 Å². The molecular weight excluding hydrogens is 517 g/mol. The molecule has 5 aromatic rings. The van der Waals surface area contributed by atoms with Gasteiger partial charge in [0.15, 0.2) is 5.82 Å². The molecule has 3 aromatic heterocycles. The maximum atomic E-state index is 14.0. The number of nitrogens with one attached hydrogen (secondary N) is 1. The molecule has 0 bridgehead atoms. The summed E-state index contributed by atoms with van der Waals surface area (Å²) in [5.41, 5.74) is 1.92. The van der Waals surface area contributed by atoms with Gasteiger partial charge in [-0.1, -0.05) is 48.0 Å². The van der Waals surface area contributed by atoms with Crippen molar-refractivity contribution >= 4 is 39.0 Å². The van der Waals surface area contributed by atoms with Crippen molar-refractivity contribution in [2.24, 2.45) is 0 Å². The van der Waals surface area contributed by atoms with E-state index >= 15 is 0 Å². The minimum absolute atomic E-state index is 0.0269. The Morgan fingerprint density at radius 1 is 0.919 bits per heavy atom. The molecule has 0 saturated heterocycles. The van der Waals surface area contributed by atoms with E-state index in [0.717, 1.165) is 18.9 Å². The second-order valence-electron chi connectivity index (χ2n) is 8.52. The summed E-state index contributed by atoms with van der Waals surface area (Å²) in [4.78, 5) is 14.2. The van der Waals surface area contributed by atoms with Gasteiger partial charge in [0.25, 0.3) is 0 Å². The number of rotatable bonds is 7. The molecule has 1 N–H and O–H groups in total. The van der Waals surface area contributed by atoms with Gasteiger partial charge < -0.3 is 5.32 Å². The third-order valence-electron chi connectivity index (χ3n) is 5.99. The number of aromatic nitrogens is 3. The van der Waals surface area contributed by atoms with Crippen LogP contribution in [0.15, 0.2) is 73.1 Å². The van der Waals surface area contributed by atoms with Crippen LogP contribution in [0.2, 0.25) is 5.02 Å². The minimum Gasteiger partial charge on any atom is -0.369 e. The highest BCUT2D eigenvalue weighted by Crippen LogP contribution is 2.47. The fourth-order valence-corrected chi connectivity index (χ4v) is 5.63. The molecular formula is C28H22ClF3N4S. The fourth-order valence-electron chi connectivity index (χ4n) is 4.29. The van der Waals surface area contributed by atoms with E-state index in [2.05, 4.69) is 22.4 Å². The zero-order valence-electron chi connectivity index (χ0n) is 19.8. The number of hydrogen-bond donors (Lipinski definition) is 1. The van der Waals surface area contributed by atoms with Crippen LogP contribution in [0.3, 0.4) is 0 Å². The van der Waals surface area contributed by atoms with Crippen molar-refractivity contribution in [3.05, 3.63) is 94.1 Å². The molecule has 0 amide bonds. The van der Waals surface area contributed by atoms with E-state index < -0.39 is 11.7 Å². The Kier molecular flexibility index (Phi) is 7.13. The van der Waals surface area contributed by atoms with Gasteiger partial charge in [0, 0.05) is 45.5 Å². The number of nitrogens with zero attached hydrogens (tertiary/aromatic N) is 3. The summed E-state index contributed by atoms with van der Waals surface area (Å²) < 4.78 is 42.7. The van der Waals surface area contributed by atoms with Gasteiger partial charge >= 0.3 is 6.18 Å². The number of thiophene rings is 1. The molecule has 0 radical (unpaired) electrons. The number of aryl methyl sites for hydroxylation is 2. The molecule has 0 aliphatic carbocycles. The highest BCUT2D eigenvalue weighted by Gasteiger charge is 2.36. The van der Waals surface area contributed by atoms with E-state index in [-0.39, 0.29) is 10.6 Å². The summed E-state index contributed by atoms with van der Waals surface area (Å²) in [6, 6.07) is 17.6. The van der Waals surface area contributed by atoms with Crippen molar-refractivity contribution < 1.29 is 13.2 Å². The average Bonchev–Trinajstić information content (AvgIpc) is 3.22. The first-order chi connectivity index (χ1) is 17.8. The summed E-state index contributed by atoms with van der Waals surface area (Å²) in [7, 11) is 0. The SMILES string of the molecule is Cc1sc2c(NCCCc3ccccc3)nc(-c3ccncc3)nc2c1-c1c(Cl)cccc1C(F)(F)F. The summed E-state index contributed by atoms with van der Waals surface area (Å²) >= 11 is 7.75. The molecule has 4 nitrogen and oxygen atoms in total. The van der Waals surface area contributed by atoms with E-state index in [1.807, 2.05) is 18.2 Å². The Hall–Kier alpha value is -3.49. The van der Waals surface area contributed by atoms with Gasteiger partial charge in [-0.2, -0.15) is 13.2 Å². The molecule has 37 heavy (non-hydrogen) atoms. The largest absolute Gasteiger partial charge is 0.417 e. The lowest BCUT2D eigenvalue weighted by Gasteiger charge is -2.15. The van der Waals surface area contributed by atoms with Gasteiger partial charge in [-0.25, -0.2) is 9.97 Å². The van der Waals surface area contributed by atoms with Crippen LogP contribution in [0, 0.1) is 6.92 Å². The second kappa shape index (κ2) is 10.5.